The van der Waals surface area contributed by atoms with E-state index in [1.165, 1.54) is 6.20 Å². The van der Waals surface area contributed by atoms with E-state index in [0.717, 1.165) is 11.4 Å². The van der Waals surface area contributed by atoms with E-state index in [4.69, 9.17) is 9.47 Å². The largest absolute Gasteiger partial charge is 0.462 e. The molecule has 0 saturated carbocycles. The Kier molecular flexibility index (Phi) is 5.87. The van der Waals surface area contributed by atoms with Crippen LogP contribution in [0.15, 0.2) is 6.20 Å². The summed E-state index contributed by atoms with van der Waals surface area (Å²) in [6.45, 7) is 5.09. The van der Waals surface area contributed by atoms with Gasteiger partial charge in [0.05, 0.1) is 25.1 Å². The molecule has 0 aromatic carbocycles. The maximum absolute atomic E-state index is 11.6. The second-order valence-electron chi connectivity index (χ2n) is 5.20. The summed E-state index contributed by atoms with van der Waals surface area (Å²) in [6.07, 6.45) is 8.31. The third-order valence-electron chi connectivity index (χ3n) is 2.65. The van der Waals surface area contributed by atoms with Gasteiger partial charge in [-0.15, -0.1) is 0 Å². The van der Waals surface area contributed by atoms with Crippen LogP contribution in [0.25, 0.3) is 0 Å². The fourth-order valence-corrected chi connectivity index (χ4v) is 2.06. The number of hydrogen-bond donors (Lipinski definition) is 0. The number of nitrogens with zero attached hydrogens (tertiary/aromatic N) is 2. The quantitative estimate of drug-likeness (QED) is 0.569. The highest BCUT2D eigenvalue weighted by Crippen LogP contribution is 2.33. The van der Waals surface area contributed by atoms with Gasteiger partial charge < -0.3 is 9.47 Å². The maximum atomic E-state index is 11.6. The summed E-state index contributed by atoms with van der Waals surface area (Å²) in [7, 11) is -0.533. The van der Waals surface area contributed by atoms with Crippen LogP contribution in [0.3, 0.4) is 0 Å². The maximum Gasteiger partial charge on any atom is 0.341 e. The number of aromatic nitrogens is 2. The van der Waals surface area contributed by atoms with E-state index in [-0.39, 0.29) is 5.97 Å². The molecule has 6 heteroatoms. The van der Waals surface area contributed by atoms with Gasteiger partial charge in [-0.25, -0.2) is 19.5 Å². The zero-order chi connectivity index (χ0) is 14.5. The van der Waals surface area contributed by atoms with Crippen molar-refractivity contribution in [1.29, 1.82) is 0 Å². The summed E-state index contributed by atoms with van der Waals surface area (Å²) in [5.41, 5.74) is 1.29. The number of esters is 1. The molecule has 1 rings (SSSR count). The third kappa shape index (κ3) is 5.24. The van der Waals surface area contributed by atoms with Crippen LogP contribution in [0.4, 0.5) is 0 Å². The first-order valence-electron chi connectivity index (χ1n) is 6.28. The van der Waals surface area contributed by atoms with Crippen molar-refractivity contribution in [3.63, 3.8) is 0 Å². The molecule has 0 atom stereocenters. The zero-order valence-corrected chi connectivity index (χ0v) is 13.2. The van der Waals surface area contributed by atoms with Crippen molar-refractivity contribution in [1.82, 2.24) is 9.78 Å². The first-order valence-corrected chi connectivity index (χ1v) is 9.31. The summed E-state index contributed by atoms with van der Waals surface area (Å²) in [4.78, 5) is 11.6. The fraction of sp³-hybridized carbons (Fsp3) is 0.692. The van der Waals surface area contributed by atoms with Crippen molar-refractivity contribution in [2.75, 3.05) is 37.7 Å². The lowest BCUT2D eigenvalue weighted by Gasteiger charge is -2.24. The van der Waals surface area contributed by atoms with Crippen molar-refractivity contribution in [2.45, 2.75) is 20.6 Å². The zero-order valence-electron chi connectivity index (χ0n) is 12.4. The van der Waals surface area contributed by atoms with Crippen molar-refractivity contribution in [2.24, 2.45) is 0 Å². The van der Waals surface area contributed by atoms with Gasteiger partial charge in [0.2, 0.25) is 0 Å². The van der Waals surface area contributed by atoms with E-state index in [2.05, 4.69) is 23.9 Å². The van der Waals surface area contributed by atoms with E-state index in [1.807, 2.05) is 6.92 Å². The molecule has 0 radical (unpaired) electrons. The van der Waals surface area contributed by atoms with Gasteiger partial charge in [-0.05, 0) is 32.6 Å². The van der Waals surface area contributed by atoms with E-state index in [0.29, 0.717) is 25.5 Å². The van der Waals surface area contributed by atoms with Crippen molar-refractivity contribution in [3.05, 3.63) is 17.5 Å². The van der Waals surface area contributed by atoms with Gasteiger partial charge in [0, 0.05) is 5.75 Å². The van der Waals surface area contributed by atoms with Crippen LogP contribution in [-0.4, -0.2) is 53.5 Å². The molecule has 0 aliphatic heterocycles. The average molecular weight is 288 g/mol. The summed E-state index contributed by atoms with van der Waals surface area (Å²) in [6, 6.07) is 0. The van der Waals surface area contributed by atoms with Crippen molar-refractivity contribution < 1.29 is 14.3 Å². The predicted octanol–water partition coefficient (Wildman–Crippen LogP) is 2.04. The summed E-state index contributed by atoms with van der Waals surface area (Å²) < 4.78 is 12.2. The Morgan fingerprint density at radius 3 is 2.68 bits per heavy atom. The van der Waals surface area contributed by atoms with Gasteiger partial charge in [0.15, 0.2) is 0 Å². The summed E-state index contributed by atoms with van der Waals surface area (Å²) >= 11 is 0. The molecule has 1 aromatic heterocycles. The molecule has 5 nitrogen and oxygen atoms in total. The Morgan fingerprint density at radius 1 is 1.42 bits per heavy atom. The molecule has 0 unspecified atom stereocenters. The molecule has 0 bridgehead atoms. The van der Waals surface area contributed by atoms with Crippen LogP contribution in [0.5, 0.6) is 0 Å². The smallest absolute Gasteiger partial charge is 0.341 e. The number of carbonyl (C=O) groups excluding carboxylic acids is 1. The molecule has 110 valence electrons. The lowest BCUT2D eigenvalue weighted by Crippen LogP contribution is -2.12. The summed E-state index contributed by atoms with van der Waals surface area (Å²) in [5, 5.41) is 4.15. The minimum atomic E-state index is -0.533. The monoisotopic (exact) mass is 288 g/mol. The van der Waals surface area contributed by atoms with E-state index in [1.54, 1.807) is 11.6 Å². The highest BCUT2D eigenvalue weighted by molar-refractivity contribution is 8.32. The molecule has 0 spiro atoms. The minimum absolute atomic E-state index is 0.328. The van der Waals surface area contributed by atoms with Gasteiger partial charge in [0.1, 0.15) is 12.3 Å². The van der Waals surface area contributed by atoms with Crippen LogP contribution >= 0.6 is 10.0 Å². The lowest BCUT2D eigenvalue weighted by atomic mass is 10.3. The number of carbonyl (C=O) groups is 1. The van der Waals surface area contributed by atoms with Gasteiger partial charge in [-0.2, -0.15) is 5.10 Å². The molecular weight excluding hydrogens is 264 g/mol. The first-order chi connectivity index (χ1) is 8.85. The molecule has 0 aliphatic carbocycles. The molecule has 0 saturated heterocycles. The predicted molar refractivity (Wildman–Crippen MR) is 79.1 cm³/mol. The van der Waals surface area contributed by atoms with E-state index >= 15 is 0 Å². The molecule has 0 amide bonds. The Hall–Kier alpha value is -1.01. The topological polar surface area (TPSA) is 53.3 Å². The highest BCUT2D eigenvalue weighted by Gasteiger charge is 2.15. The molecule has 19 heavy (non-hydrogen) atoms. The molecule has 0 fully saturated rings. The number of hydrogen-bond acceptors (Lipinski definition) is 4. The average Bonchev–Trinajstić information content (AvgIpc) is 2.65. The Balaban J connectivity index is 2.50. The normalized spacial score (nSPS) is 12.5. The highest BCUT2D eigenvalue weighted by atomic mass is 32.3. The second-order valence-corrected chi connectivity index (χ2v) is 9.79. The second kappa shape index (κ2) is 6.96. The van der Waals surface area contributed by atoms with Gasteiger partial charge >= 0.3 is 5.97 Å². The van der Waals surface area contributed by atoms with Crippen LogP contribution in [-0.2, 0) is 16.2 Å². The Bertz CT molecular complexity index is 424. The standard InChI is InChI=1S/C13H24N2O3S/c1-6-18-13(16)12-9-14-15(11(12)2)10-17-7-8-19(3,4)5/h9H,6-8,10H2,1-5H3. The third-order valence-corrected chi connectivity index (χ3v) is 4.04. The number of rotatable bonds is 7. The number of ether oxygens (including phenoxy) is 2. The van der Waals surface area contributed by atoms with Crippen LogP contribution in [0.1, 0.15) is 23.0 Å². The minimum Gasteiger partial charge on any atom is -0.462 e. The van der Waals surface area contributed by atoms with E-state index in [9.17, 15) is 4.79 Å². The van der Waals surface area contributed by atoms with Crippen molar-refractivity contribution >= 4 is 16.0 Å². The van der Waals surface area contributed by atoms with Crippen LogP contribution in [0.2, 0.25) is 0 Å². The van der Waals surface area contributed by atoms with Gasteiger partial charge in [-0.1, -0.05) is 0 Å². The SMILES string of the molecule is CCOC(=O)c1cnn(COCCS(C)(C)C)c1C. The molecule has 1 heterocycles. The van der Waals surface area contributed by atoms with Crippen LogP contribution < -0.4 is 0 Å². The first kappa shape index (κ1) is 16.0. The van der Waals surface area contributed by atoms with Crippen LogP contribution in [0, 0.1) is 6.92 Å². The van der Waals surface area contributed by atoms with Gasteiger partial charge in [0.25, 0.3) is 0 Å². The van der Waals surface area contributed by atoms with Gasteiger partial charge in [-0.3, -0.25) is 0 Å². The molecule has 0 aliphatic rings. The molecular formula is C13H24N2O3S. The Labute approximate surface area is 116 Å². The summed E-state index contributed by atoms with van der Waals surface area (Å²) in [5.74, 6) is 0.739. The molecule has 0 N–H and O–H groups in total. The lowest BCUT2D eigenvalue weighted by molar-refractivity contribution is 0.0523. The fourth-order valence-electron chi connectivity index (χ4n) is 1.45. The van der Waals surface area contributed by atoms with E-state index < -0.39 is 10.0 Å². The van der Waals surface area contributed by atoms with Crippen molar-refractivity contribution in [3.8, 4) is 0 Å². The molecule has 1 aromatic rings. The Morgan fingerprint density at radius 2 is 2.11 bits per heavy atom.